The number of halogens is 3. The van der Waals surface area contributed by atoms with Crippen molar-refractivity contribution in [1.29, 1.82) is 0 Å². The fraction of sp³-hybridized carbons (Fsp3) is 0.600. The van der Waals surface area contributed by atoms with E-state index in [9.17, 15) is 4.39 Å². The van der Waals surface area contributed by atoms with Crippen LogP contribution in [0.25, 0.3) is 0 Å². The number of nitrogens with zero attached hydrogens (tertiary/aromatic N) is 1. The summed E-state index contributed by atoms with van der Waals surface area (Å²) < 4.78 is 19.6. The molecule has 1 atom stereocenters. The summed E-state index contributed by atoms with van der Waals surface area (Å²) in [6, 6.07) is 5.20. The normalized spacial score (nSPS) is 16.5. The molecule has 3 nitrogen and oxygen atoms in total. The number of hydrogen-bond acceptors (Lipinski definition) is 3. The first kappa shape index (κ1) is 20.5. The van der Waals surface area contributed by atoms with Crippen molar-refractivity contribution < 1.29 is 9.13 Å². The second kappa shape index (κ2) is 10.2. The average molecular weight is 339 g/mol. The van der Waals surface area contributed by atoms with Crippen LogP contribution in [0, 0.1) is 5.82 Å². The maximum atomic E-state index is 14.2. The average Bonchev–Trinajstić information content (AvgIpc) is 2.46. The number of benzene rings is 1. The largest absolute Gasteiger partial charge is 0.496 e. The Kier molecular flexibility index (Phi) is 9.95. The summed E-state index contributed by atoms with van der Waals surface area (Å²) in [5.74, 6) is 0.508. The lowest BCUT2D eigenvalue weighted by Gasteiger charge is -2.35. The maximum absolute atomic E-state index is 14.2. The van der Waals surface area contributed by atoms with Crippen molar-refractivity contribution in [1.82, 2.24) is 10.2 Å². The molecule has 0 bridgehead atoms. The van der Waals surface area contributed by atoms with Crippen LogP contribution in [0.15, 0.2) is 18.2 Å². The molecule has 1 saturated heterocycles. The van der Waals surface area contributed by atoms with E-state index in [0.29, 0.717) is 11.3 Å². The Morgan fingerprint density at radius 1 is 1.29 bits per heavy atom. The van der Waals surface area contributed by atoms with Gasteiger partial charge in [0.05, 0.1) is 7.11 Å². The Hall–Kier alpha value is -0.550. The van der Waals surface area contributed by atoms with Crippen LogP contribution >= 0.6 is 24.8 Å². The van der Waals surface area contributed by atoms with E-state index in [1.807, 2.05) is 6.07 Å². The van der Waals surface area contributed by atoms with Gasteiger partial charge in [-0.25, -0.2) is 4.39 Å². The molecule has 1 aliphatic rings. The van der Waals surface area contributed by atoms with Crippen LogP contribution in [0.2, 0.25) is 0 Å². The highest BCUT2D eigenvalue weighted by atomic mass is 35.5. The smallest absolute Gasteiger partial charge is 0.131 e. The van der Waals surface area contributed by atoms with Gasteiger partial charge in [-0.05, 0) is 18.6 Å². The quantitative estimate of drug-likeness (QED) is 0.890. The van der Waals surface area contributed by atoms with E-state index in [1.165, 1.54) is 6.07 Å². The SMILES string of the molecule is CCC[C@@H](c1c(F)cccc1OC)N1CCNCC1.Cl.Cl. The molecule has 1 aromatic rings. The Balaban J connectivity index is 0.00000200. The molecule has 1 aromatic carbocycles. The lowest BCUT2D eigenvalue weighted by molar-refractivity contribution is 0.158. The molecular formula is C15H25Cl2FN2O. The van der Waals surface area contributed by atoms with Gasteiger partial charge in [0.15, 0.2) is 0 Å². The fourth-order valence-corrected chi connectivity index (χ4v) is 2.80. The van der Waals surface area contributed by atoms with Gasteiger partial charge in [0.25, 0.3) is 0 Å². The zero-order chi connectivity index (χ0) is 13.7. The van der Waals surface area contributed by atoms with E-state index in [4.69, 9.17) is 4.74 Å². The summed E-state index contributed by atoms with van der Waals surface area (Å²) in [7, 11) is 1.61. The van der Waals surface area contributed by atoms with Crippen molar-refractivity contribution in [2.24, 2.45) is 0 Å². The summed E-state index contributed by atoms with van der Waals surface area (Å²) in [4.78, 5) is 2.36. The van der Waals surface area contributed by atoms with Gasteiger partial charge in [-0.2, -0.15) is 0 Å². The van der Waals surface area contributed by atoms with Crippen LogP contribution in [0.5, 0.6) is 5.75 Å². The molecular weight excluding hydrogens is 314 g/mol. The second-order valence-electron chi connectivity index (χ2n) is 4.95. The van der Waals surface area contributed by atoms with Crippen molar-refractivity contribution in [2.45, 2.75) is 25.8 Å². The van der Waals surface area contributed by atoms with Crippen LogP contribution in [0.1, 0.15) is 31.4 Å². The number of methoxy groups -OCH3 is 1. The molecule has 1 fully saturated rings. The first-order valence-corrected chi connectivity index (χ1v) is 7.05. The number of rotatable bonds is 5. The third-order valence-electron chi connectivity index (χ3n) is 3.72. The van der Waals surface area contributed by atoms with Gasteiger partial charge in [0, 0.05) is 37.8 Å². The Morgan fingerprint density at radius 2 is 1.95 bits per heavy atom. The third-order valence-corrected chi connectivity index (χ3v) is 3.72. The van der Waals surface area contributed by atoms with E-state index >= 15 is 0 Å². The van der Waals surface area contributed by atoms with Crippen molar-refractivity contribution in [2.75, 3.05) is 33.3 Å². The minimum absolute atomic E-state index is 0. The van der Waals surface area contributed by atoms with E-state index in [2.05, 4.69) is 17.1 Å². The predicted octanol–water partition coefficient (Wildman–Crippen LogP) is 3.42. The molecule has 1 aliphatic heterocycles. The van der Waals surface area contributed by atoms with E-state index in [1.54, 1.807) is 13.2 Å². The molecule has 0 radical (unpaired) electrons. The molecule has 0 saturated carbocycles. The highest BCUT2D eigenvalue weighted by Gasteiger charge is 2.26. The molecule has 0 amide bonds. The molecule has 6 heteroatoms. The minimum Gasteiger partial charge on any atom is -0.496 e. The predicted molar refractivity (Wildman–Crippen MR) is 89.5 cm³/mol. The van der Waals surface area contributed by atoms with Gasteiger partial charge >= 0.3 is 0 Å². The molecule has 0 aliphatic carbocycles. The van der Waals surface area contributed by atoms with Crippen LogP contribution < -0.4 is 10.1 Å². The van der Waals surface area contributed by atoms with Gasteiger partial charge in [-0.3, -0.25) is 4.90 Å². The van der Waals surface area contributed by atoms with Crippen molar-refractivity contribution >= 4 is 24.8 Å². The zero-order valence-corrected chi connectivity index (χ0v) is 14.2. The third kappa shape index (κ3) is 4.99. The molecule has 2 rings (SSSR count). The minimum atomic E-state index is -0.156. The summed E-state index contributed by atoms with van der Waals surface area (Å²) in [6.45, 7) is 6.00. The number of piperazine rings is 1. The van der Waals surface area contributed by atoms with Gasteiger partial charge < -0.3 is 10.1 Å². The summed E-state index contributed by atoms with van der Waals surface area (Å²) in [5.41, 5.74) is 0.716. The highest BCUT2D eigenvalue weighted by Crippen LogP contribution is 2.34. The van der Waals surface area contributed by atoms with Crippen LogP contribution in [-0.4, -0.2) is 38.2 Å². The molecule has 0 spiro atoms. The number of hydrogen-bond donors (Lipinski definition) is 1. The highest BCUT2D eigenvalue weighted by molar-refractivity contribution is 5.85. The van der Waals surface area contributed by atoms with Crippen LogP contribution in [0.3, 0.4) is 0 Å². The summed E-state index contributed by atoms with van der Waals surface area (Å²) in [6.07, 6.45) is 1.99. The summed E-state index contributed by atoms with van der Waals surface area (Å²) in [5, 5.41) is 3.34. The fourth-order valence-electron chi connectivity index (χ4n) is 2.80. The lowest BCUT2D eigenvalue weighted by atomic mass is 9.98. The first-order chi connectivity index (χ1) is 9.27. The topological polar surface area (TPSA) is 24.5 Å². The van der Waals surface area contributed by atoms with E-state index in [-0.39, 0.29) is 36.7 Å². The molecule has 122 valence electrons. The standard InChI is InChI=1S/C15H23FN2O.2ClH/c1-3-5-13(18-10-8-17-9-11-18)15-12(16)6-4-7-14(15)19-2;;/h4,6-7,13,17H,3,5,8-11H2,1-2H3;2*1H/t13-;;/m0../s1. The van der Waals surface area contributed by atoms with Crippen molar-refractivity contribution in [3.8, 4) is 5.75 Å². The van der Waals surface area contributed by atoms with Crippen molar-refractivity contribution in [3.05, 3.63) is 29.6 Å². The molecule has 0 unspecified atom stereocenters. The van der Waals surface area contributed by atoms with Gasteiger partial charge in [-0.15, -0.1) is 24.8 Å². The van der Waals surface area contributed by atoms with Gasteiger partial charge in [-0.1, -0.05) is 19.4 Å². The lowest BCUT2D eigenvalue weighted by Crippen LogP contribution is -2.45. The van der Waals surface area contributed by atoms with E-state index in [0.717, 1.165) is 39.0 Å². The first-order valence-electron chi connectivity index (χ1n) is 7.05. The molecule has 1 heterocycles. The molecule has 0 aromatic heterocycles. The zero-order valence-electron chi connectivity index (χ0n) is 12.6. The number of nitrogens with one attached hydrogen (secondary N) is 1. The second-order valence-corrected chi connectivity index (χ2v) is 4.95. The number of ether oxygens (including phenoxy) is 1. The van der Waals surface area contributed by atoms with Gasteiger partial charge in [0.2, 0.25) is 0 Å². The van der Waals surface area contributed by atoms with Gasteiger partial charge in [0.1, 0.15) is 11.6 Å². The summed E-state index contributed by atoms with van der Waals surface area (Å²) >= 11 is 0. The monoisotopic (exact) mass is 338 g/mol. The Bertz CT molecular complexity index is 415. The van der Waals surface area contributed by atoms with Crippen LogP contribution in [0.4, 0.5) is 4.39 Å². The molecule has 21 heavy (non-hydrogen) atoms. The van der Waals surface area contributed by atoms with E-state index < -0.39 is 0 Å². The van der Waals surface area contributed by atoms with Crippen LogP contribution in [-0.2, 0) is 0 Å². The Morgan fingerprint density at radius 3 is 2.52 bits per heavy atom. The maximum Gasteiger partial charge on any atom is 0.131 e. The Labute approximate surface area is 139 Å². The molecule has 1 N–H and O–H groups in total. The van der Waals surface area contributed by atoms with Crippen molar-refractivity contribution in [3.63, 3.8) is 0 Å².